The van der Waals surface area contributed by atoms with Crippen LogP contribution in [-0.4, -0.2) is 41.9 Å². The molecule has 138 valence electrons. The van der Waals surface area contributed by atoms with Gasteiger partial charge in [-0.05, 0) is 36.4 Å². The summed E-state index contributed by atoms with van der Waals surface area (Å²) in [5, 5.41) is 0. The van der Waals surface area contributed by atoms with Gasteiger partial charge in [-0.1, -0.05) is 19.8 Å². The van der Waals surface area contributed by atoms with Crippen LogP contribution < -0.4 is 4.74 Å². The van der Waals surface area contributed by atoms with Crippen molar-refractivity contribution in [1.82, 2.24) is 14.9 Å². The summed E-state index contributed by atoms with van der Waals surface area (Å²) in [6.07, 6.45) is 10.8. The molecular formula is C20H24FN3O2. The molecule has 0 saturated heterocycles. The van der Waals surface area contributed by atoms with E-state index in [1.54, 1.807) is 6.07 Å². The third-order valence-corrected chi connectivity index (χ3v) is 4.03. The zero-order chi connectivity index (χ0) is 18.9. The number of methoxy groups -OCH3 is 1. The van der Waals surface area contributed by atoms with Gasteiger partial charge in [-0.3, -0.25) is 4.79 Å². The number of hydrogen-bond donors (Lipinski definition) is 0. The molecule has 0 unspecified atom stereocenters. The number of halogens is 1. The third kappa shape index (κ3) is 5.12. The number of aromatic nitrogens is 2. The first-order chi connectivity index (χ1) is 12.6. The van der Waals surface area contributed by atoms with Crippen LogP contribution in [0.15, 0.2) is 30.7 Å². The van der Waals surface area contributed by atoms with Gasteiger partial charge < -0.3 is 9.64 Å². The topological polar surface area (TPSA) is 55.3 Å². The monoisotopic (exact) mass is 357 g/mol. The van der Waals surface area contributed by atoms with Crippen LogP contribution in [0, 0.1) is 5.82 Å². The fraction of sp³-hybridized carbons (Fsp3) is 0.350. The van der Waals surface area contributed by atoms with Gasteiger partial charge in [0.2, 0.25) is 0 Å². The van der Waals surface area contributed by atoms with Crippen LogP contribution in [0.25, 0.3) is 17.5 Å². The highest BCUT2D eigenvalue weighted by Crippen LogP contribution is 2.24. The molecule has 2 aromatic rings. The van der Waals surface area contributed by atoms with Gasteiger partial charge in [-0.2, -0.15) is 0 Å². The third-order valence-electron chi connectivity index (χ3n) is 4.03. The first kappa shape index (κ1) is 19.6. The van der Waals surface area contributed by atoms with E-state index in [-0.39, 0.29) is 17.0 Å². The second kappa shape index (κ2) is 9.65. The first-order valence-corrected chi connectivity index (χ1v) is 8.62. The van der Waals surface area contributed by atoms with E-state index in [4.69, 9.17) is 4.74 Å². The lowest BCUT2D eigenvalue weighted by molar-refractivity contribution is 0.112. The second-order valence-electron chi connectivity index (χ2n) is 6.03. The summed E-state index contributed by atoms with van der Waals surface area (Å²) in [5.74, 6) is 0.199. The smallest absolute Gasteiger partial charge is 0.162 e. The Bertz CT molecular complexity index is 760. The Morgan fingerprint density at radius 2 is 1.92 bits per heavy atom. The predicted molar refractivity (Wildman–Crippen MR) is 101 cm³/mol. The quantitative estimate of drug-likeness (QED) is 0.497. The normalized spacial score (nSPS) is 10.9. The zero-order valence-corrected chi connectivity index (χ0v) is 15.4. The lowest BCUT2D eigenvalue weighted by atomic mass is 10.0. The molecule has 1 aromatic heterocycles. The number of benzene rings is 1. The molecule has 1 aromatic carbocycles. The van der Waals surface area contributed by atoms with Crippen molar-refractivity contribution < 1.29 is 13.9 Å². The van der Waals surface area contributed by atoms with Crippen molar-refractivity contribution in [3.63, 3.8) is 0 Å². The Hall–Kier alpha value is -2.76. The lowest BCUT2D eigenvalue weighted by Crippen LogP contribution is -2.11. The largest absolute Gasteiger partial charge is 0.494 e. The molecule has 0 radical (unpaired) electrons. The number of rotatable bonds is 9. The summed E-state index contributed by atoms with van der Waals surface area (Å²) in [6, 6.07) is 2.81. The van der Waals surface area contributed by atoms with Gasteiger partial charge in [0.15, 0.2) is 17.9 Å². The minimum Gasteiger partial charge on any atom is -0.494 e. The summed E-state index contributed by atoms with van der Waals surface area (Å²) in [5.41, 5.74) is 1.16. The van der Waals surface area contributed by atoms with Crippen LogP contribution in [0.5, 0.6) is 5.75 Å². The van der Waals surface area contributed by atoms with Gasteiger partial charge in [-0.15, -0.1) is 0 Å². The first-order valence-electron chi connectivity index (χ1n) is 8.62. The Kier molecular flexibility index (Phi) is 7.26. The highest BCUT2D eigenvalue weighted by molar-refractivity contribution is 5.84. The van der Waals surface area contributed by atoms with Crippen LogP contribution in [0.2, 0.25) is 0 Å². The van der Waals surface area contributed by atoms with Gasteiger partial charge in [-0.25, -0.2) is 14.4 Å². The van der Waals surface area contributed by atoms with E-state index >= 15 is 0 Å². The molecule has 0 aliphatic heterocycles. The molecule has 0 atom stereocenters. The Morgan fingerprint density at radius 1 is 1.19 bits per heavy atom. The fourth-order valence-electron chi connectivity index (χ4n) is 2.48. The van der Waals surface area contributed by atoms with E-state index in [9.17, 15) is 9.18 Å². The Morgan fingerprint density at radius 3 is 2.54 bits per heavy atom. The maximum atomic E-state index is 14.4. The number of unbranched alkanes of at least 4 members (excludes halogenated alkanes) is 2. The van der Waals surface area contributed by atoms with Gasteiger partial charge in [0, 0.05) is 19.2 Å². The van der Waals surface area contributed by atoms with Crippen molar-refractivity contribution in [2.45, 2.75) is 26.2 Å². The van der Waals surface area contributed by atoms with E-state index in [1.807, 2.05) is 19.3 Å². The average molecular weight is 357 g/mol. The van der Waals surface area contributed by atoms with E-state index in [0.717, 1.165) is 19.4 Å². The molecule has 5 nitrogen and oxygen atoms in total. The lowest BCUT2D eigenvalue weighted by Gasteiger charge is -2.13. The molecule has 0 bridgehead atoms. The van der Waals surface area contributed by atoms with Crippen molar-refractivity contribution in [2.75, 3.05) is 20.7 Å². The summed E-state index contributed by atoms with van der Waals surface area (Å²) in [4.78, 5) is 21.6. The van der Waals surface area contributed by atoms with Crippen molar-refractivity contribution in [3.8, 4) is 17.1 Å². The molecule has 0 aliphatic carbocycles. The molecule has 0 saturated carbocycles. The molecule has 0 fully saturated rings. The number of carbonyl (C=O) groups is 1. The predicted octanol–water partition coefficient (Wildman–Crippen LogP) is 4.20. The van der Waals surface area contributed by atoms with Crippen molar-refractivity contribution >= 4 is 12.4 Å². The summed E-state index contributed by atoms with van der Waals surface area (Å²) in [6.45, 7) is 3.09. The number of carbonyl (C=O) groups excluding carboxylic acids is 1. The van der Waals surface area contributed by atoms with E-state index in [2.05, 4.69) is 21.8 Å². The van der Waals surface area contributed by atoms with Gasteiger partial charge in [0.25, 0.3) is 0 Å². The molecule has 0 amide bonds. The molecule has 2 rings (SSSR count). The molecule has 6 heteroatoms. The second-order valence-corrected chi connectivity index (χ2v) is 6.03. The SMILES string of the molecule is CCCCCN(C)/C=C\c1cc(-c2ncc(OC)cn2)c(F)cc1C=O. The number of ether oxygens (including phenoxy) is 1. The molecule has 0 aliphatic rings. The molecule has 0 N–H and O–H groups in total. The minimum absolute atomic E-state index is 0.242. The molecule has 26 heavy (non-hydrogen) atoms. The van der Waals surface area contributed by atoms with Gasteiger partial charge in [0.1, 0.15) is 5.82 Å². The molecule has 1 heterocycles. The van der Waals surface area contributed by atoms with Crippen LogP contribution in [0.4, 0.5) is 4.39 Å². The Labute approximate surface area is 153 Å². The average Bonchev–Trinajstić information content (AvgIpc) is 2.67. The van der Waals surface area contributed by atoms with Crippen LogP contribution in [0.3, 0.4) is 0 Å². The highest BCUT2D eigenvalue weighted by atomic mass is 19.1. The van der Waals surface area contributed by atoms with Crippen molar-refractivity contribution in [3.05, 3.63) is 47.7 Å². The maximum Gasteiger partial charge on any atom is 0.162 e. The van der Waals surface area contributed by atoms with E-state index in [0.29, 0.717) is 17.6 Å². The zero-order valence-electron chi connectivity index (χ0n) is 15.4. The van der Waals surface area contributed by atoms with E-state index < -0.39 is 5.82 Å². The summed E-state index contributed by atoms with van der Waals surface area (Å²) >= 11 is 0. The standard InChI is InChI=1S/C20H24FN3O2/c1-4-5-6-8-24(2)9-7-15-10-18(19(21)11-16(15)14-25)20-22-12-17(26-3)13-23-20/h7,9-14H,4-6,8H2,1-3H3/b9-7-. The minimum atomic E-state index is -0.536. The van der Waals surface area contributed by atoms with Crippen LogP contribution in [0.1, 0.15) is 42.1 Å². The summed E-state index contributed by atoms with van der Waals surface area (Å²) in [7, 11) is 3.49. The summed E-state index contributed by atoms with van der Waals surface area (Å²) < 4.78 is 19.4. The van der Waals surface area contributed by atoms with Gasteiger partial charge >= 0.3 is 0 Å². The van der Waals surface area contributed by atoms with Crippen molar-refractivity contribution in [2.24, 2.45) is 0 Å². The van der Waals surface area contributed by atoms with Crippen LogP contribution in [-0.2, 0) is 0 Å². The maximum absolute atomic E-state index is 14.4. The van der Waals surface area contributed by atoms with E-state index in [1.165, 1.54) is 32.0 Å². The number of hydrogen-bond acceptors (Lipinski definition) is 5. The van der Waals surface area contributed by atoms with Crippen LogP contribution >= 0.6 is 0 Å². The van der Waals surface area contributed by atoms with Gasteiger partial charge in [0.05, 0.1) is 25.1 Å². The molecule has 0 spiro atoms. The number of aldehydes is 1. The van der Waals surface area contributed by atoms with Crippen molar-refractivity contribution in [1.29, 1.82) is 0 Å². The number of nitrogens with zero attached hydrogens (tertiary/aromatic N) is 3. The highest BCUT2D eigenvalue weighted by Gasteiger charge is 2.12. The Balaban J connectivity index is 2.28. The molecular weight excluding hydrogens is 333 g/mol. The fourth-order valence-corrected chi connectivity index (χ4v) is 2.48.